The van der Waals surface area contributed by atoms with Crippen molar-refractivity contribution in [2.45, 2.75) is 25.9 Å². The molecule has 1 rings (SSSR count). The summed E-state index contributed by atoms with van der Waals surface area (Å²) in [6.07, 6.45) is 3.59. The molecule has 1 heterocycles. The van der Waals surface area contributed by atoms with Gasteiger partial charge < -0.3 is 9.47 Å². The number of carbonyl (C=O) groups excluding carboxylic acids is 1. The quantitative estimate of drug-likeness (QED) is 0.346. The van der Waals surface area contributed by atoms with E-state index < -0.39 is 0 Å². The number of hydrogen-bond donors (Lipinski definition) is 0. The van der Waals surface area contributed by atoms with Crippen molar-refractivity contribution in [3.63, 3.8) is 0 Å². The molecule has 0 amide bonds. The zero-order chi connectivity index (χ0) is 9.68. The van der Waals surface area contributed by atoms with Crippen LogP contribution in [0.5, 0.6) is 0 Å². The second-order valence-electron chi connectivity index (χ2n) is 2.80. The Morgan fingerprint density at radius 3 is 3.15 bits per heavy atom. The van der Waals surface area contributed by atoms with Gasteiger partial charge >= 0.3 is 5.97 Å². The molecule has 13 heavy (non-hydrogen) atoms. The molecule has 1 aliphatic heterocycles. The fourth-order valence-electron chi connectivity index (χ4n) is 1.17. The molecule has 74 valence electrons. The third-order valence-electron chi connectivity index (χ3n) is 1.77. The first-order chi connectivity index (χ1) is 6.26. The molecule has 0 aliphatic carbocycles. The highest BCUT2D eigenvalue weighted by atomic mass is 127. The molecule has 0 bridgehead atoms. The minimum Gasteiger partial charge on any atom is -0.494 e. The van der Waals surface area contributed by atoms with Crippen molar-refractivity contribution in [3.8, 4) is 0 Å². The van der Waals surface area contributed by atoms with Crippen LogP contribution in [0.25, 0.3) is 0 Å². The van der Waals surface area contributed by atoms with Crippen molar-refractivity contribution in [2.24, 2.45) is 0 Å². The molecule has 4 heteroatoms. The zero-order valence-corrected chi connectivity index (χ0v) is 9.74. The fraction of sp³-hybridized carbons (Fsp3) is 0.667. The van der Waals surface area contributed by atoms with E-state index in [0.717, 1.165) is 23.0 Å². The second-order valence-corrected chi connectivity index (χ2v) is 3.68. The maximum Gasteiger partial charge on any atom is 0.334 e. The minimum atomic E-state index is -0.299. The number of carbonyl (C=O) groups is 1. The predicted octanol–water partition coefficient (Wildman–Crippen LogP) is 2.05. The summed E-state index contributed by atoms with van der Waals surface area (Å²) < 4.78 is 11.2. The average molecular weight is 296 g/mol. The Bertz CT molecular complexity index is 213. The molecule has 0 saturated carbocycles. The number of hydrogen-bond acceptors (Lipinski definition) is 3. The van der Waals surface area contributed by atoms with Gasteiger partial charge in [0.2, 0.25) is 0 Å². The number of halogens is 1. The standard InChI is InChI=1S/C9H13IO3/c1-2-12-9(11)5-7-3-4-8(6-10)13-7/h5,8H,2-4,6H2,1H3/b7-5-. The molecule has 0 aromatic carbocycles. The van der Waals surface area contributed by atoms with Gasteiger partial charge in [-0.15, -0.1) is 0 Å². The van der Waals surface area contributed by atoms with Gasteiger partial charge in [0.05, 0.1) is 12.7 Å². The summed E-state index contributed by atoms with van der Waals surface area (Å²) in [4.78, 5) is 11.0. The SMILES string of the molecule is CCOC(=O)/C=C1/CCC(CI)O1. The van der Waals surface area contributed by atoms with Crippen LogP contribution in [-0.4, -0.2) is 23.1 Å². The van der Waals surface area contributed by atoms with Gasteiger partial charge in [0.1, 0.15) is 11.9 Å². The molecule has 0 radical (unpaired) electrons. The van der Waals surface area contributed by atoms with E-state index in [1.165, 1.54) is 6.08 Å². The summed E-state index contributed by atoms with van der Waals surface area (Å²) >= 11 is 2.28. The number of esters is 1. The summed E-state index contributed by atoms with van der Waals surface area (Å²) in [6, 6.07) is 0. The monoisotopic (exact) mass is 296 g/mol. The van der Waals surface area contributed by atoms with Crippen LogP contribution in [0.3, 0.4) is 0 Å². The summed E-state index contributed by atoms with van der Waals surface area (Å²) in [6.45, 7) is 2.21. The van der Waals surface area contributed by atoms with Crippen molar-refractivity contribution in [3.05, 3.63) is 11.8 Å². The summed E-state index contributed by atoms with van der Waals surface area (Å²) in [5.41, 5.74) is 0. The Kier molecular flexibility index (Phi) is 4.55. The van der Waals surface area contributed by atoms with Crippen LogP contribution >= 0.6 is 22.6 Å². The topological polar surface area (TPSA) is 35.5 Å². The summed E-state index contributed by atoms with van der Waals surface area (Å²) in [5, 5.41) is 0. The minimum absolute atomic E-state index is 0.279. The first-order valence-corrected chi connectivity index (χ1v) is 5.88. The third-order valence-corrected chi connectivity index (χ3v) is 2.75. The predicted molar refractivity (Wildman–Crippen MR) is 57.7 cm³/mol. The number of allylic oxidation sites excluding steroid dienone is 1. The van der Waals surface area contributed by atoms with Crippen molar-refractivity contribution >= 4 is 28.6 Å². The molecule has 0 aromatic heterocycles. The van der Waals surface area contributed by atoms with Gasteiger partial charge in [0, 0.05) is 10.8 Å². The highest BCUT2D eigenvalue weighted by molar-refractivity contribution is 14.1. The van der Waals surface area contributed by atoms with Gasteiger partial charge in [0.25, 0.3) is 0 Å². The lowest BCUT2D eigenvalue weighted by atomic mass is 10.2. The highest BCUT2D eigenvalue weighted by Gasteiger charge is 2.20. The molecule has 1 saturated heterocycles. The summed E-state index contributed by atoms with van der Waals surface area (Å²) in [7, 11) is 0. The average Bonchev–Trinajstić information content (AvgIpc) is 2.52. The Morgan fingerprint density at radius 1 is 1.85 bits per heavy atom. The van der Waals surface area contributed by atoms with E-state index in [0.29, 0.717) is 6.61 Å². The first kappa shape index (κ1) is 10.8. The zero-order valence-electron chi connectivity index (χ0n) is 7.59. The molecular formula is C9H13IO3. The molecule has 1 unspecified atom stereocenters. The number of ether oxygens (including phenoxy) is 2. The Labute approximate surface area is 91.6 Å². The van der Waals surface area contributed by atoms with Crippen LogP contribution in [0.1, 0.15) is 19.8 Å². The van der Waals surface area contributed by atoms with E-state index in [1.54, 1.807) is 6.92 Å². The van der Waals surface area contributed by atoms with Crippen LogP contribution in [-0.2, 0) is 14.3 Å². The Hall–Kier alpha value is -0.260. The molecule has 1 aliphatic rings. The van der Waals surface area contributed by atoms with Crippen molar-refractivity contribution in [2.75, 3.05) is 11.0 Å². The first-order valence-electron chi connectivity index (χ1n) is 4.36. The molecule has 0 N–H and O–H groups in total. The lowest BCUT2D eigenvalue weighted by Crippen LogP contribution is -2.05. The van der Waals surface area contributed by atoms with Gasteiger partial charge in [-0.25, -0.2) is 4.79 Å². The van der Waals surface area contributed by atoms with E-state index in [1.807, 2.05) is 0 Å². The van der Waals surface area contributed by atoms with E-state index in [4.69, 9.17) is 9.47 Å². The number of rotatable bonds is 3. The van der Waals surface area contributed by atoms with E-state index in [2.05, 4.69) is 22.6 Å². The van der Waals surface area contributed by atoms with Gasteiger partial charge in [-0.1, -0.05) is 22.6 Å². The second kappa shape index (κ2) is 5.47. The maximum atomic E-state index is 11.0. The fourth-order valence-corrected chi connectivity index (χ4v) is 1.79. The largest absolute Gasteiger partial charge is 0.494 e. The molecule has 1 fully saturated rings. The molecule has 0 spiro atoms. The van der Waals surface area contributed by atoms with Crippen molar-refractivity contribution in [1.82, 2.24) is 0 Å². The molecule has 0 aromatic rings. The van der Waals surface area contributed by atoms with Crippen LogP contribution in [0.15, 0.2) is 11.8 Å². The molecule has 3 nitrogen and oxygen atoms in total. The van der Waals surface area contributed by atoms with Gasteiger partial charge in [-0.05, 0) is 13.3 Å². The van der Waals surface area contributed by atoms with Crippen LogP contribution in [0.4, 0.5) is 0 Å². The van der Waals surface area contributed by atoms with Gasteiger partial charge in [0.15, 0.2) is 0 Å². The maximum absolute atomic E-state index is 11.0. The lowest BCUT2D eigenvalue weighted by molar-refractivity contribution is -0.137. The lowest BCUT2D eigenvalue weighted by Gasteiger charge is -2.05. The van der Waals surface area contributed by atoms with Crippen molar-refractivity contribution < 1.29 is 14.3 Å². The van der Waals surface area contributed by atoms with Crippen LogP contribution in [0, 0.1) is 0 Å². The van der Waals surface area contributed by atoms with Crippen molar-refractivity contribution in [1.29, 1.82) is 0 Å². The normalized spacial score (nSPS) is 24.5. The third kappa shape index (κ3) is 3.54. The Balaban J connectivity index is 2.40. The number of alkyl halides is 1. The van der Waals surface area contributed by atoms with E-state index >= 15 is 0 Å². The van der Waals surface area contributed by atoms with E-state index in [9.17, 15) is 4.79 Å². The smallest absolute Gasteiger partial charge is 0.334 e. The molecular weight excluding hydrogens is 283 g/mol. The van der Waals surface area contributed by atoms with Gasteiger partial charge in [-0.2, -0.15) is 0 Å². The summed E-state index contributed by atoms with van der Waals surface area (Å²) in [5.74, 6) is 0.465. The van der Waals surface area contributed by atoms with Crippen LogP contribution < -0.4 is 0 Å². The Morgan fingerprint density at radius 2 is 2.62 bits per heavy atom. The van der Waals surface area contributed by atoms with E-state index in [-0.39, 0.29) is 12.1 Å². The highest BCUT2D eigenvalue weighted by Crippen LogP contribution is 2.24. The van der Waals surface area contributed by atoms with Gasteiger partial charge in [-0.3, -0.25) is 0 Å². The molecule has 1 atom stereocenters. The van der Waals surface area contributed by atoms with Crippen LogP contribution in [0.2, 0.25) is 0 Å².